The third-order valence-corrected chi connectivity index (χ3v) is 2.77. The molecule has 1 aromatic carbocycles. The molecule has 1 unspecified atom stereocenters. The maximum absolute atomic E-state index is 10.5. The molecule has 0 aliphatic rings. The molecule has 0 amide bonds. The number of carbonyl (C=O) groups is 1. The number of carboxylic acid groups (broad SMARTS) is 1. The molecule has 0 aromatic heterocycles. The van der Waals surface area contributed by atoms with Crippen molar-refractivity contribution in [2.75, 3.05) is 13.7 Å². The summed E-state index contributed by atoms with van der Waals surface area (Å²) < 4.78 is 5.29. The summed E-state index contributed by atoms with van der Waals surface area (Å²) in [6.07, 6.45) is 0.192. The van der Waals surface area contributed by atoms with E-state index in [-0.39, 0.29) is 12.3 Å². The number of methoxy groups -OCH3 is 1. The summed E-state index contributed by atoms with van der Waals surface area (Å²) in [5, 5.41) is 11.9. The van der Waals surface area contributed by atoms with E-state index in [0.29, 0.717) is 13.1 Å². The molecule has 4 heteroatoms. The number of benzene rings is 1. The minimum Gasteiger partial charge on any atom is -0.496 e. The van der Waals surface area contributed by atoms with Crippen molar-refractivity contribution < 1.29 is 14.6 Å². The lowest BCUT2D eigenvalue weighted by atomic mass is 10.1. The molecule has 1 atom stereocenters. The molecule has 0 spiro atoms. The number of rotatable bonds is 7. The van der Waals surface area contributed by atoms with E-state index in [2.05, 4.69) is 11.4 Å². The molecule has 0 aliphatic heterocycles. The van der Waals surface area contributed by atoms with Crippen molar-refractivity contribution in [3.63, 3.8) is 0 Å². The Morgan fingerprint density at radius 1 is 1.50 bits per heavy atom. The van der Waals surface area contributed by atoms with E-state index in [0.717, 1.165) is 11.3 Å². The molecular formula is C14H21NO3. The van der Waals surface area contributed by atoms with Gasteiger partial charge in [0.15, 0.2) is 0 Å². The van der Waals surface area contributed by atoms with Gasteiger partial charge in [-0.1, -0.05) is 24.6 Å². The average Bonchev–Trinajstić information content (AvgIpc) is 2.28. The zero-order chi connectivity index (χ0) is 13.5. The minimum absolute atomic E-state index is 0.123. The second kappa shape index (κ2) is 7.01. The first-order valence-corrected chi connectivity index (χ1v) is 6.09. The number of aliphatic carboxylic acids is 1. The maximum atomic E-state index is 10.5. The highest BCUT2D eigenvalue weighted by atomic mass is 16.5. The number of carboxylic acids is 1. The van der Waals surface area contributed by atoms with Gasteiger partial charge in [-0.25, -0.2) is 0 Å². The summed E-state index contributed by atoms with van der Waals surface area (Å²) in [6.45, 7) is 5.34. The number of nitrogens with one attached hydrogen (secondary N) is 1. The Morgan fingerprint density at radius 2 is 2.22 bits per heavy atom. The van der Waals surface area contributed by atoms with Crippen LogP contribution >= 0.6 is 0 Å². The fourth-order valence-electron chi connectivity index (χ4n) is 1.87. The Bertz CT molecular complexity index is 404. The summed E-state index contributed by atoms with van der Waals surface area (Å²) in [5.41, 5.74) is 2.28. The quantitative estimate of drug-likeness (QED) is 0.780. The van der Waals surface area contributed by atoms with Gasteiger partial charge in [0, 0.05) is 18.5 Å². The lowest BCUT2D eigenvalue weighted by Gasteiger charge is -2.13. The summed E-state index contributed by atoms with van der Waals surface area (Å²) in [7, 11) is 1.65. The van der Waals surface area contributed by atoms with E-state index in [1.807, 2.05) is 26.0 Å². The first-order chi connectivity index (χ1) is 8.52. The highest BCUT2D eigenvalue weighted by Crippen LogP contribution is 2.19. The average molecular weight is 251 g/mol. The van der Waals surface area contributed by atoms with Crippen molar-refractivity contribution in [1.29, 1.82) is 0 Å². The monoisotopic (exact) mass is 251 g/mol. The molecular weight excluding hydrogens is 230 g/mol. The molecule has 0 aliphatic carbocycles. The lowest BCUT2D eigenvalue weighted by molar-refractivity contribution is -0.137. The van der Waals surface area contributed by atoms with Crippen LogP contribution in [0, 0.1) is 12.8 Å². The fourth-order valence-corrected chi connectivity index (χ4v) is 1.87. The van der Waals surface area contributed by atoms with E-state index >= 15 is 0 Å². The fraction of sp³-hybridized carbons (Fsp3) is 0.500. The Hall–Kier alpha value is -1.55. The molecule has 0 saturated heterocycles. The van der Waals surface area contributed by atoms with E-state index < -0.39 is 5.97 Å². The van der Waals surface area contributed by atoms with Gasteiger partial charge in [0.05, 0.1) is 7.11 Å². The van der Waals surface area contributed by atoms with Gasteiger partial charge in [0.1, 0.15) is 5.75 Å². The Morgan fingerprint density at radius 3 is 2.83 bits per heavy atom. The van der Waals surface area contributed by atoms with E-state index in [1.165, 1.54) is 5.56 Å². The zero-order valence-corrected chi connectivity index (χ0v) is 11.2. The molecule has 0 saturated carbocycles. The van der Waals surface area contributed by atoms with Crippen molar-refractivity contribution in [1.82, 2.24) is 5.32 Å². The van der Waals surface area contributed by atoms with Crippen LogP contribution in [-0.2, 0) is 11.3 Å². The van der Waals surface area contributed by atoms with Crippen LogP contribution in [0.5, 0.6) is 5.75 Å². The normalized spacial score (nSPS) is 12.2. The van der Waals surface area contributed by atoms with Crippen LogP contribution in [0.15, 0.2) is 18.2 Å². The van der Waals surface area contributed by atoms with Gasteiger partial charge in [-0.05, 0) is 25.5 Å². The first-order valence-electron chi connectivity index (χ1n) is 6.09. The second-order valence-electron chi connectivity index (χ2n) is 4.65. The highest BCUT2D eigenvalue weighted by molar-refractivity contribution is 5.66. The van der Waals surface area contributed by atoms with Crippen molar-refractivity contribution >= 4 is 5.97 Å². The highest BCUT2D eigenvalue weighted by Gasteiger charge is 2.08. The van der Waals surface area contributed by atoms with Gasteiger partial charge in [0.25, 0.3) is 0 Å². The smallest absolute Gasteiger partial charge is 0.303 e. The molecule has 18 heavy (non-hydrogen) atoms. The van der Waals surface area contributed by atoms with Crippen LogP contribution in [-0.4, -0.2) is 24.7 Å². The summed E-state index contributed by atoms with van der Waals surface area (Å²) >= 11 is 0. The first kappa shape index (κ1) is 14.5. The summed E-state index contributed by atoms with van der Waals surface area (Å²) in [6, 6.07) is 6.04. The van der Waals surface area contributed by atoms with E-state index in [1.54, 1.807) is 7.11 Å². The molecule has 1 rings (SSSR count). The molecule has 0 heterocycles. The molecule has 100 valence electrons. The van der Waals surface area contributed by atoms with Crippen molar-refractivity contribution in [3.05, 3.63) is 29.3 Å². The Balaban J connectivity index is 2.48. The topological polar surface area (TPSA) is 58.6 Å². The molecule has 4 nitrogen and oxygen atoms in total. The molecule has 0 bridgehead atoms. The van der Waals surface area contributed by atoms with Gasteiger partial charge in [0.2, 0.25) is 0 Å². The lowest BCUT2D eigenvalue weighted by Crippen LogP contribution is -2.22. The van der Waals surface area contributed by atoms with Crippen molar-refractivity contribution in [2.45, 2.75) is 26.8 Å². The van der Waals surface area contributed by atoms with Gasteiger partial charge < -0.3 is 15.2 Å². The SMILES string of the molecule is COc1ccc(C)cc1CNCC(C)CC(=O)O. The predicted molar refractivity (Wildman–Crippen MR) is 70.9 cm³/mol. The summed E-state index contributed by atoms with van der Waals surface area (Å²) in [5.74, 6) is 0.231. The van der Waals surface area contributed by atoms with Gasteiger partial charge in [-0.3, -0.25) is 4.79 Å². The minimum atomic E-state index is -0.752. The standard InChI is InChI=1S/C14H21NO3/c1-10-4-5-13(18-3)12(6-10)9-15-8-11(2)7-14(16)17/h4-6,11,15H,7-9H2,1-3H3,(H,16,17). The van der Waals surface area contributed by atoms with Gasteiger partial charge in [-0.2, -0.15) is 0 Å². The van der Waals surface area contributed by atoms with E-state index in [4.69, 9.17) is 9.84 Å². The molecule has 2 N–H and O–H groups in total. The number of hydrogen-bond donors (Lipinski definition) is 2. The predicted octanol–water partition coefficient (Wildman–Crippen LogP) is 2.20. The number of hydrogen-bond acceptors (Lipinski definition) is 3. The third-order valence-electron chi connectivity index (χ3n) is 2.77. The van der Waals surface area contributed by atoms with Gasteiger partial charge >= 0.3 is 5.97 Å². The molecule has 0 fully saturated rings. The van der Waals surface area contributed by atoms with Crippen LogP contribution in [0.2, 0.25) is 0 Å². The summed E-state index contributed by atoms with van der Waals surface area (Å²) in [4.78, 5) is 10.5. The molecule has 0 radical (unpaired) electrons. The maximum Gasteiger partial charge on any atom is 0.303 e. The number of aryl methyl sites for hydroxylation is 1. The third kappa shape index (κ3) is 4.75. The second-order valence-corrected chi connectivity index (χ2v) is 4.65. The van der Waals surface area contributed by atoms with Crippen LogP contribution in [0.25, 0.3) is 0 Å². The Kier molecular flexibility index (Phi) is 5.65. The van der Waals surface area contributed by atoms with Gasteiger partial charge in [-0.15, -0.1) is 0 Å². The van der Waals surface area contributed by atoms with Crippen molar-refractivity contribution in [2.24, 2.45) is 5.92 Å². The molecule has 1 aromatic rings. The van der Waals surface area contributed by atoms with Crippen LogP contribution < -0.4 is 10.1 Å². The van der Waals surface area contributed by atoms with E-state index in [9.17, 15) is 4.79 Å². The van der Waals surface area contributed by atoms with Crippen LogP contribution in [0.3, 0.4) is 0 Å². The van der Waals surface area contributed by atoms with Crippen LogP contribution in [0.4, 0.5) is 0 Å². The van der Waals surface area contributed by atoms with Crippen molar-refractivity contribution in [3.8, 4) is 5.75 Å². The van der Waals surface area contributed by atoms with Crippen LogP contribution in [0.1, 0.15) is 24.5 Å². The zero-order valence-electron chi connectivity index (χ0n) is 11.2. The Labute approximate surface area is 108 Å². The largest absolute Gasteiger partial charge is 0.496 e. The number of ether oxygens (including phenoxy) is 1.